The molecular weight excluding hydrogens is 300 g/mol. The first-order valence-electron chi connectivity index (χ1n) is 4.85. The van der Waals surface area contributed by atoms with Crippen molar-refractivity contribution in [3.05, 3.63) is 9.47 Å². The molecule has 102 valence electrons. The van der Waals surface area contributed by atoms with Crippen LogP contribution in [0.5, 0.6) is 0 Å². The number of halogens is 1. The number of rotatable bonds is 5. The molecule has 10 heteroatoms. The summed E-state index contributed by atoms with van der Waals surface area (Å²) >= 11 is 6.51. The molecule has 0 atom stereocenters. The highest BCUT2D eigenvalue weighted by Gasteiger charge is 2.23. The Balaban J connectivity index is 2.57. The predicted octanol–water partition coefficient (Wildman–Crippen LogP) is 0.249. The van der Waals surface area contributed by atoms with Crippen molar-refractivity contribution in [1.82, 2.24) is 20.2 Å². The lowest BCUT2D eigenvalue weighted by atomic mass is 10.1. The van der Waals surface area contributed by atoms with Crippen LogP contribution in [0.4, 0.5) is 0 Å². The first-order valence-corrected chi connectivity index (χ1v) is 7.94. The molecule has 2 N–H and O–H groups in total. The van der Waals surface area contributed by atoms with E-state index in [2.05, 4.69) is 20.2 Å². The summed E-state index contributed by atoms with van der Waals surface area (Å²) in [6, 6.07) is 0. The van der Waals surface area contributed by atoms with Gasteiger partial charge < -0.3 is 5.32 Å². The van der Waals surface area contributed by atoms with Crippen LogP contribution in [0, 0.1) is 0 Å². The zero-order chi connectivity index (χ0) is 14.0. The fourth-order valence-electron chi connectivity index (χ4n) is 1.21. The van der Waals surface area contributed by atoms with Crippen LogP contribution in [0.25, 0.3) is 0 Å². The van der Waals surface area contributed by atoms with Gasteiger partial charge in [0.05, 0.1) is 6.26 Å². The molecule has 0 aliphatic carbocycles. The van der Waals surface area contributed by atoms with Crippen molar-refractivity contribution in [2.45, 2.75) is 19.4 Å². The minimum absolute atomic E-state index is 0.121. The first-order chi connectivity index (χ1) is 8.09. The van der Waals surface area contributed by atoms with E-state index in [-0.39, 0.29) is 16.0 Å². The monoisotopic (exact) mass is 312 g/mol. The Hall–Kier alpha value is -0.770. The van der Waals surface area contributed by atoms with Crippen molar-refractivity contribution in [2.24, 2.45) is 0 Å². The maximum atomic E-state index is 11.6. The smallest absolute Gasteiger partial charge is 0.282 e. The van der Waals surface area contributed by atoms with Gasteiger partial charge in [-0.3, -0.25) is 4.79 Å². The van der Waals surface area contributed by atoms with E-state index >= 15 is 0 Å². The van der Waals surface area contributed by atoms with E-state index < -0.39 is 21.5 Å². The summed E-state index contributed by atoms with van der Waals surface area (Å²) in [5.41, 5.74) is -0.794. The van der Waals surface area contributed by atoms with Crippen LogP contribution >= 0.6 is 22.9 Å². The van der Waals surface area contributed by atoms with Crippen molar-refractivity contribution < 1.29 is 13.2 Å². The zero-order valence-electron chi connectivity index (χ0n) is 10.0. The highest BCUT2D eigenvalue weighted by molar-refractivity contribution is 7.88. The molecule has 1 rings (SSSR count). The van der Waals surface area contributed by atoms with Crippen molar-refractivity contribution in [2.75, 3.05) is 12.8 Å². The van der Waals surface area contributed by atoms with E-state index in [9.17, 15) is 13.2 Å². The van der Waals surface area contributed by atoms with E-state index in [1.807, 2.05) is 0 Å². The molecular formula is C8H13ClN4O3S2. The normalized spacial score (nSPS) is 12.4. The maximum absolute atomic E-state index is 11.6. The Bertz CT molecular complexity index is 540. The molecule has 0 spiro atoms. The van der Waals surface area contributed by atoms with Crippen molar-refractivity contribution in [3.8, 4) is 0 Å². The van der Waals surface area contributed by atoms with Crippen LogP contribution in [0.15, 0.2) is 0 Å². The molecule has 0 aliphatic rings. The zero-order valence-corrected chi connectivity index (χ0v) is 12.4. The largest absolute Gasteiger partial charge is 0.348 e. The lowest BCUT2D eigenvalue weighted by Crippen LogP contribution is -2.51. The van der Waals surface area contributed by atoms with Gasteiger partial charge in [0, 0.05) is 12.1 Å². The number of hydrogen-bond donors (Lipinski definition) is 2. The van der Waals surface area contributed by atoms with Gasteiger partial charge in [-0.25, -0.2) is 13.1 Å². The summed E-state index contributed by atoms with van der Waals surface area (Å²) in [5, 5.41) is 9.77. The number of sulfonamides is 1. The summed E-state index contributed by atoms with van der Waals surface area (Å²) in [6.07, 6.45) is 1.06. The number of carbonyl (C=O) groups is 1. The van der Waals surface area contributed by atoms with Gasteiger partial charge in [-0.2, -0.15) is 0 Å². The number of hydrogen-bond acceptors (Lipinski definition) is 6. The molecule has 0 radical (unpaired) electrons. The van der Waals surface area contributed by atoms with Crippen LogP contribution in [-0.2, 0) is 10.0 Å². The Morgan fingerprint density at radius 1 is 1.44 bits per heavy atom. The minimum atomic E-state index is -3.34. The molecule has 1 heterocycles. The second-order valence-corrected chi connectivity index (χ2v) is 7.61. The topological polar surface area (TPSA) is 101 Å². The van der Waals surface area contributed by atoms with Crippen LogP contribution < -0.4 is 10.0 Å². The molecule has 0 bridgehead atoms. The second-order valence-electron chi connectivity index (χ2n) is 4.30. The average molecular weight is 313 g/mol. The van der Waals surface area contributed by atoms with Gasteiger partial charge in [0.1, 0.15) is 0 Å². The molecule has 18 heavy (non-hydrogen) atoms. The third kappa shape index (κ3) is 5.25. The van der Waals surface area contributed by atoms with Gasteiger partial charge in [-0.15, -0.1) is 10.2 Å². The molecule has 1 aromatic rings. The molecule has 0 unspecified atom stereocenters. The Morgan fingerprint density at radius 3 is 2.50 bits per heavy atom. The molecule has 0 aliphatic heterocycles. The van der Waals surface area contributed by atoms with Crippen molar-refractivity contribution in [1.29, 1.82) is 0 Å². The minimum Gasteiger partial charge on any atom is -0.348 e. The van der Waals surface area contributed by atoms with Crippen molar-refractivity contribution >= 4 is 38.9 Å². The third-order valence-electron chi connectivity index (χ3n) is 1.75. The SMILES string of the molecule is CC(C)(CNC(=O)c1nnc(Cl)s1)NS(C)(=O)=O. The number of nitrogens with one attached hydrogen (secondary N) is 2. The van der Waals surface area contributed by atoms with E-state index in [0.717, 1.165) is 17.6 Å². The quantitative estimate of drug-likeness (QED) is 0.811. The van der Waals surface area contributed by atoms with Gasteiger partial charge in [0.2, 0.25) is 19.5 Å². The van der Waals surface area contributed by atoms with Gasteiger partial charge in [-0.05, 0) is 25.4 Å². The van der Waals surface area contributed by atoms with Crippen LogP contribution in [0.2, 0.25) is 4.47 Å². The molecule has 0 fully saturated rings. The molecule has 0 aromatic carbocycles. The molecule has 0 saturated heterocycles. The summed E-state index contributed by atoms with van der Waals surface area (Å²) < 4.78 is 24.8. The first kappa shape index (κ1) is 15.3. The predicted molar refractivity (Wildman–Crippen MR) is 69.3 cm³/mol. The molecule has 0 saturated carbocycles. The van der Waals surface area contributed by atoms with E-state index in [1.54, 1.807) is 13.8 Å². The highest BCUT2D eigenvalue weighted by atomic mass is 35.5. The van der Waals surface area contributed by atoms with Gasteiger partial charge >= 0.3 is 0 Å². The molecule has 1 amide bonds. The number of amides is 1. The fourth-order valence-corrected chi connectivity index (χ4v) is 3.03. The number of nitrogens with zero attached hydrogens (tertiary/aromatic N) is 2. The van der Waals surface area contributed by atoms with E-state index in [1.165, 1.54) is 0 Å². The van der Waals surface area contributed by atoms with E-state index in [0.29, 0.717) is 0 Å². The molecule has 7 nitrogen and oxygen atoms in total. The summed E-state index contributed by atoms with van der Waals surface area (Å²) in [7, 11) is -3.34. The summed E-state index contributed by atoms with van der Waals surface area (Å²) in [6.45, 7) is 3.43. The van der Waals surface area contributed by atoms with Crippen LogP contribution in [-0.4, -0.2) is 42.9 Å². The summed E-state index contributed by atoms with van der Waals surface area (Å²) in [4.78, 5) is 11.6. The van der Waals surface area contributed by atoms with Crippen molar-refractivity contribution in [3.63, 3.8) is 0 Å². The third-order valence-corrected chi connectivity index (χ3v) is 3.69. The molecule has 1 aromatic heterocycles. The van der Waals surface area contributed by atoms with Crippen LogP contribution in [0.3, 0.4) is 0 Å². The Kier molecular flexibility index (Phi) is 4.65. The van der Waals surface area contributed by atoms with E-state index in [4.69, 9.17) is 11.6 Å². The van der Waals surface area contributed by atoms with Crippen LogP contribution in [0.1, 0.15) is 23.6 Å². The van der Waals surface area contributed by atoms with Gasteiger partial charge in [0.25, 0.3) is 5.91 Å². The van der Waals surface area contributed by atoms with Gasteiger partial charge in [0.15, 0.2) is 0 Å². The second kappa shape index (κ2) is 5.47. The lowest BCUT2D eigenvalue weighted by molar-refractivity contribution is 0.0943. The Labute approximate surface area is 114 Å². The number of aromatic nitrogens is 2. The number of carbonyl (C=O) groups excluding carboxylic acids is 1. The standard InChI is InChI=1S/C8H13ClN4O3S2/c1-8(2,13-18(3,15)16)4-10-5(14)6-11-12-7(9)17-6/h13H,4H2,1-3H3,(H,10,14). The fraction of sp³-hybridized carbons (Fsp3) is 0.625. The average Bonchev–Trinajstić information content (AvgIpc) is 2.57. The lowest BCUT2D eigenvalue weighted by Gasteiger charge is -2.24. The Morgan fingerprint density at radius 2 is 2.06 bits per heavy atom. The summed E-state index contributed by atoms with van der Waals surface area (Å²) in [5.74, 6) is -0.442. The highest BCUT2D eigenvalue weighted by Crippen LogP contribution is 2.14. The van der Waals surface area contributed by atoms with Gasteiger partial charge in [-0.1, -0.05) is 11.3 Å². The maximum Gasteiger partial charge on any atom is 0.282 e.